The number of halogens is 1. The van der Waals surface area contributed by atoms with Gasteiger partial charge >= 0.3 is 5.97 Å². The first-order valence-corrected chi connectivity index (χ1v) is 5.53. The molecule has 2 heterocycles. The molecular formula is C9H8BrN5O2. The minimum Gasteiger partial charge on any atom is -0.480 e. The number of aliphatic carboxylic acids is 1. The van der Waals surface area contributed by atoms with E-state index in [9.17, 15) is 4.79 Å². The number of pyridine rings is 1. The second-order valence-electron chi connectivity index (χ2n) is 3.26. The van der Waals surface area contributed by atoms with Gasteiger partial charge in [0.25, 0.3) is 0 Å². The monoisotopic (exact) mass is 297 g/mol. The zero-order valence-corrected chi connectivity index (χ0v) is 10.2. The van der Waals surface area contributed by atoms with Crippen LogP contribution >= 0.6 is 15.9 Å². The minimum absolute atomic E-state index is 0.293. The SMILES string of the molecule is O=C(O)Cn1nnc(Cc2cccc(Br)n2)n1. The Morgan fingerprint density at radius 2 is 2.29 bits per heavy atom. The molecule has 0 unspecified atom stereocenters. The summed E-state index contributed by atoms with van der Waals surface area (Å²) in [6, 6.07) is 5.51. The maximum absolute atomic E-state index is 10.4. The summed E-state index contributed by atoms with van der Waals surface area (Å²) in [5, 5.41) is 19.9. The quantitative estimate of drug-likeness (QED) is 0.826. The first-order valence-electron chi connectivity index (χ1n) is 4.73. The minimum atomic E-state index is -1.01. The van der Waals surface area contributed by atoms with Gasteiger partial charge in [-0.2, -0.15) is 4.80 Å². The molecule has 17 heavy (non-hydrogen) atoms. The second-order valence-corrected chi connectivity index (χ2v) is 4.07. The van der Waals surface area contributed by atoms with E-state index in [0.29, 0.717) is 12.2 Å². The fourth-order valence-corrected chi connectivity index (χ4v) is 1.63. The highest BCUT2D eigenvalue weighted by Crippen LogP contribution is 2.08. The van der Waals surface area contributed by atoms with E-state index >= 15 is 0 Å². The van der Waals surface area contributed by atoms with Gasteiger partial charge in [0.05, 0.1) is 6.42 Å². The average Bonchev–Trinajstić information content (AvgIpc) is 2.64. The smallest absolute Gasteiger partial charge is 0.327 e. The molecule has 88 valence electrons. The number of carbonyl (C=O) groups is 1. The predicted octanol–water partition coefficient (Wildman–Crippen LogP) is 0.506. The summed E-state index contributed by atoms with van der Waals surface area (Å²) in [4.78, 5) is 15.7. The normalized spacial score (nSPS) is 10.4. The summed E-state index contributed by atoms with van der Waals surface area (Å²) in [6.45, 7) is -0.293. The molecule has 8 heteroatoms. The lowest BCUT2D eigenvalue weighted by molar-refractivity contribution is -0.138. The van der Waals surface area contributed by atoms with Crippen molar-refractivity contribution in [3.63, 3.8) is 0 Å². The molecule has 0 atom stereocenters. The van der Waals surface area contributed by atoms with Crippen molar-refractivity contribution < 1.29 is 9.90 Å². The number of aromatic nitrogens is 5. The Bertz CT molecular complexity index is 542. The zero-order valence-electron chi connectivity index (χ0n) is 8.62. The highest BCUT2D eigenvalue weighted by atomic mass is 79.9. The molecule has 0 aliphatic rings. The third kappa shape index (κ3) is 3.31. The van der Waals surface area contributed by atoms with Crippen LogP contribution in [0.3, 0.4) is 0 Å². The molecule has 0 bridgehead atoms. The molecule has 0 aromatic carbocycles. The van der Waals surface area contributed by atoms with E-state index < -0.39 is 5.97 Å². The van der Waals surface area contributed by atoms with Crippen molar-refractivity contribution >= 4 is 21.9 Å². The Morgan fingerprint density at radius 3 is 3.00 bits per heavy atom. The van der Waals surface area contributed by atoms with Crippen LogP contribution in [0.15, 0.2) is 22.8 Å². The van der Waals surface area contributed by atoms with Crippen molar-refractivity contribution in [1.29, 1.82) is 0 Å². The van der Waals surface area contributed by atoms with Crippen LogP contribution in [0.5, 0.6) is 0 Å². The summed E-state index contributed by atoms with van der Waals surface area (Å²) < 4.78 is 0.730. The van der Waals surface area contributed by atoms with Gasteiger partial charge in [0.1, 0.15) is 4.60 Å². The van der Waals surface area contributed by atoms with Gasteiger partial charge < -0.3 is 5.11 Å². The predicted molar refractivity (Wildman–Crippen MR) is 60.2 cm³/mol. The van der Waals surface area contributed by atoms with Crippen LogP contribution in [0.4, 0.5) is 0 Å². The molecule has 0 amide bonds. The molecule has 0 saturated heterocycles. The van der Waals surface area contributed by atoms with Gasteiger partial charge in [0, 0.05) is 5.69 Å². The highest BCUT2D eigenvalue weighted by molar-refractivity contribution is 9.10. The van der Waals surface area contributed by atoms with Crippen LogP contribution in [0.25, 0.3) is 0 Å². The van der Waals surface area contributed by atoms with Crippen LogP contribution in [0.2, 0.25) is 0 Å². The molecular weight excluding hydrogens is 290 g/mol. The van der Waals surface area contributed by atoms with Crippen LogP contribution in [0, 0.1) is 0 Å². The number of hydrogen-bond acceptors (Lipinski definition) is 5. The van der Waals surface area contributed by atoms with E-state index in [1.807, 2.05) is 18.2 Å². The summed E-state index contributed by atoms with van der Waals surface area (Å²) in [5.74, 6) is -0.564. The Kier molecular flexibility index (Phi) is 3.43. The van der Waals surface area contributed by atoms with Gasteiger partial charge in [-0.15, -0.1) is 10.2 Å². The summed E-state index contributed by atoms with van der Waals surface area (Å²) in [7, 11) is 0. The molecule has 0 fully saturated rings. The lowest BCUT2D eigenvalue weighted by atomic mass is 10.3. The lowest BCUT2D eigenvalue weighted by Gasteiger charge is -1.96. The highest BCUT2D eigenvalue weighted by Gasteiger charge is 2.07. The molecule has 0 aliphatic heterocycles. The topological polar surface area (TPSA) is 93.8 Å². The zero-order chi connectivity index (χ0) is 12.3. The molecule has 0 saturated carbocycles. The maximum Gasteiger partial charge on any atom is 0.327 e. The number of carboxylic acids is 1. The summed E-state index contributed by atoms with van der Waals surface area (Å²) in [5.41, 5.74) is 0.786. The Labute approximate surface area is 105 Å². The molecule has 0 spiro atoms. The Morgan fingerprint density at radius 1 is 1.47 bits per heavy atom. The van der Waals surface area contributed by atoms with E-state index in [4.69, 9.17) is 5.11 Å². The summed E-state index contributed by atoms with van der Waals surface area (Å²) in [6.07, 6.45) is 0.416. The number of rotatable bonds is 4. The molecule has 2 aromatic rings. The van der Waals surface area contributed by atoms with Crippen molar-refractivity contribution in [1.82, 2.24) is 25.2 Å². The van der Waals surface area contributed by atoms with E-state index in [1.165, 1.54) is 0 Å². The second kappa shape index (κ2) is 5.00. The van der Waals surface area contributed by atoms with Gasteiger partial charge in [-0.1, -0.05) is 6.07 Å². The maximum atomic E-state index is 10.4. The van der Waals surface area contributed by atoms with Gasteiger partial charge in [-0.05, 0) is 33.3 Å². The van der Waals surface area contributed by atoms with Gasteiger partial charge in [-0.3, -0.25) is 4.79 Å². The van der Waals surface area contributed by atoms with Gasteiger partial charge in [0.2, 0.25) is 0 Å². The largest absolute Gasteiger partial charge is 0.480 e. The molecule has 0 aliphatic carbocycles. The number of tetrazole rings is 1. The molecule has 1 N–H and O–H groups in total. The fourth-order valence-electron chi connectivity index (χ4n) is 1.25. The number of hydrogen-bond donors (Lipinski definition) is 1. The van der Waals surface area contributed by atoms with Gasteiger partial charge in [0.15, 0.2) is 12.4 Å². The van der Waals surface area contributed by atoms with Crippen molar-refractivity contribution in [3.05, 3.63) is 34.3 Å². The van der Waals surface area contributed by atoms with Crippen molar-refractivity contribution in [2.75, 3.05) is 0 Å². The molecule has 2 aromatic heterocycles. The first kappa shape index (κ1) is 11.6. The average molecular weight is 298 g/mol. The third-order valence-corrected chi connectivity index (χ3v) is 2.32. The molecule has 2 rings (SSSR count). The van der Waals surface area contributed by atoms with Crippen LogP contribution in [0.1, 0.15) is 11.5 Å². The number of carboxylic acid groups (broad SMARTS) is 1. The first-order chi connectivity index (χ1) is 8.13. The van der Waals surface area contributed by atoms with Gasteiger partial charge in [-0.25, -0.2) is 4.98 Å². The Balaban J connectivity index is 2.08. The fraction of sp³-hybridized carbons (Fsp3) is 0.222. The standard InChI is InChI=1S/C9H8BrN5O2/c10-7-3-1-2-6(11-7)4-8-12-14-15(13-8)5-9(16)17/h1-3H,4-5H2,(H,16,17). The lowest BCUT2D eigenvalue weighted by Crippen LogP contribution is -2.11. The summed E-state index contributed by atoms with van der Waals surface area (Å²) >= 11 is 3.26. The van der Waals surface area contributed by atoms with Crippen molar-refractivity contribution in [2.24, 2.45) is 0 Å². The van der Waals surface area contributed by atoms with Crippen LogP contribution in [-0.4, -0.2) is 36.3 Å². The van der Waals surface area contributed by atoms with Crippen LogP contribution < -0.4 is 0 Å². The van der Waals surface area contributed by atoms with Crippen molar-refractivity contribution in [2.45, 2.75) is 13.0 Å². The van der Waals surface area contributed by atoms with E-state index in [-0.39, 0.29) is 6.54 Å². The molecule has 7 nitrogen and oxygen atoms in total. The molecule has 0 radical (unpaired) electrons. The van der Waals surface area contributed by atoms with E-state index in [1.54, 1.807) is 0 Å². The Hall–Kier alpha value is -1.83. The third-order valence-electron chi connectivity index (χ3n) is 1.88. The van der Waals surface area contributed by atoms with Crippen molar-refractivity contribution in [3.8, 4) is 0 Å². The van der Waals surface area contributed by atoms with Crippen LogP contribution in [-0.2, 0) is 17.8 Å². The number of nitrogens with zero attached hydrogens (tertiary/aromatic N) is 5. The van der Waals surface area contributed by atoms with E-state index in [0.717, 1.165) is 15.1 Å². The van der Waals surface area contributed by atoms with E-state index in [2.05, 4.69) is 36.3 Å².